The molecule has 0 aliphatic heterocycles. The zero-order valence-electron chi connectivity index (χ0n) is 23.2. The third-order valence-electron chi connectivity index (χ3n) is 9.44. The average molecular weight is 570 g/mol. The van der Waals surface area contributed by atoms with Crippen LogP contribution >= 0.6 is 0 Å². The van der Waals surface area contributed by atoms with Gasteiger partial charge in [-0.05, 0) is 66.4 Å². The van der Waals surface area contributed by atoms with Crippen LogP contribution in [0.15, 0.2) is 48.5 Å². The predicted molar refractivity (Wildman–Crippen MR) is 152 cm³/mol. The Morgan fingerprint density at radius 3 is 2.38 bits per heavy atom. The number of hydrogen-bond acceptors (Lipinski definition) is 9. The van der Waals surface area contributed by atoms with Crippen LogP contribution in [-0.2, 0) is 32.1 Å². The lowest BCUT2D eigenvalue weighted by molar-refractivity contribution is -0.181. The van der Waals surface area contributed by atoms with Gasteiger partial charge in [0.15, 0.2) is 34.7 Å². The van der Waals surface area contributed by atoms with Crippen molar-refractivity contribution in [2.75, 3.05) is 14.1 Å². The number of phenols is 1. The molecule has 3 aliphatic rings. The molecule has 6 atom stereocenters. The van der Waals surface area contributed by atoms with E-state index in [1.807, 2.05) is 42.5 Å². The quantitative estimate of drug-likeness (QED) is 0.335. The summed E-state index contributed by atoms with van der Waals surface area (Å²) < 4.78 is 0. The molecule has 2 saturated carbocycles. The van der Waals surface area contributed by atoms with Crippen molar-refractivity contribution in [3.63, 3.8) is 0 Å². The second-order valence-electron chi connectivity index (χ2n) is 11.8. The number of hydrogen-bond donors (Lipinski definition) is 4. The van der Waals surface area contributed by atoms with Crippen LogP contribution in [0.4, 0.5) is 0 Å². The number of aromatic hydroxyl groups is 1. The van der Waals surface area contributed by atoms with Crippen LogP contribution < -0.4 is 11.5 Å². The van der Waals surface area contributed by atoms with Crippen LogP contribution in [0.5, 0.6) is 5.75 Å². The number of aliphatic hydroxyl groups is 1. The van der Waals surface area contributed by atoms with Crippen molar-refractivity contribution in [2.24, 2.45) is 35.1 Å². The summed E-state index contributed by atoms with van der Waals surface area (Å²) in [6.07, 6.45) is 0.154. The molecule has 2 unspecified atom stereocenters. The van der Waals surface area contributed by atoms with Crippen molar-refractivity contribution >= 4 is 39.8 Å². The van der Waals surface area contributed by atoms with Gasteiger partial charge in [0.2, 0.25) is 5.91 Å². The Morgan fingerprint density at radius 2 is 1.71 bits per heavy atom. The molecule has 6 rings (SSSR count). The number of nitrogens with two attached hydrogens (primary N) is 2. The molecule has 3 aromatic carbocycles. The van der Waals surface area contributed by atoms with Crippen LogP contribution in [0.3, 0.4) is 0 Å². The third kappa shape index (κ3) is 3.65. The van der Waals surface area contributed by atoms with E-state index in [1.54, 1.807) is 20.2 Å². The van der Waals surface area contributed by atoms with E-state index in [9.17, 15) is 34.2 Å². The number of rotatable bonds is 4. The van der Waals surface area contributed by atoms with Crippen molar-refractivity contribution in [1.82, 2.24) is 4.90 Å². The second kappa shape index (κ2) is 9.65. The van der Waals surface area contributed by atoms with E-state index in [4.69, 9.17) is 11.5 Å². The lowest BCUT2D eigenvalue weighted by Crippen LogP contribution is -2.74. The van der Waals surface area contributed by atoms with Crippen molar-refractivity contribution in [1.29, 1.82) is 0 Å². The summed E-state index contributed by atoms with van der Waals surface area (Å²) in [5.41, 5.74) is 10.9. The topological polar surface area (TPSA) is 181 Å². The number of ketones is 4. The number of likely N-dealkylation sites (N-methyl/N-ethyl adjacent to an activating group) is 1. The second-order valence-corrected chi connectivity index (χ2v) is 11.8. The zero-order valence-corrected chi connectivity index (χ0v) is 23.2. The first-order chi connectivity index (χ1) is 19.9. The summed E-state index contributed by atoms with van der Waals surface area (Å²) >= 11 is 0. The minimum atomic E-state index is -2.77. The molecule has 6 N–H and O–H groups in total. The maximum absolute atomic E-state index is 14.2. The minimum Gasteiger partial charge on any atom is -0.507 e. The highest BCUT2D eigenvalue weighted by atomic mass is 16.3. The molecule has 2 fully saturated rings. The molecule has 10 nitrogen and oxygen atoms in total. The zero-order chi connectivity index (χ0) is 30.2. The average Bonchev–Trinajstić information content (AvgIpc) is 2.94. The Kier molecular flexibility index (Phi) is 6.41. The van der Waals surface area contributed by atoms with Crippen molar-refractivity contribution < 1.29 is 34.2 Å². The first-order valence-corrected chi connectivity index (χ1v) is 13.8. The predicted octanol–water partition coefficient (Wildman–Crippen LogP) is 1.15. The fraction of sp³-hybridized carbons (Fsp3) is 0.344. The van der Waals surface area contributed by atoms with Gasteiger partial charge in [-0.1, -0.05) is 42.5 Å². The van der Waals surface area contributed by atoms with Gasteiger partial charge in [0.25, 0.3) is 0 Å². The normalized spacial score (nSPS) is 28.9. The van der Waals surface area contributed by atoms with Gasteiger partial charge in [-0.15, -0.1) is 0 Å². The molecular weight excluding hydrogens is 538 g/mol. The van der Waals surface area contributed by atoms with Gasteiger partial charge < -0.3 is 21.7 Å². The van der Waals surface area contributed by atoms with Gasteiger partial charge in [0.1, 0.15) is 5.75 Å². The highest BCUT2D eigenvalue weighted by molar-refractivity contribution is 6.32. The van der Waals surface area contributed by atoms with Gasteiger partial charge in [-0.25, -0.2) is 0 Å². The van der Waals surface area contributed by atoms with E-state index in [2.05, 4.69) is 0 Å². The molecule has 0 aromatic heterocycles. The van der Waals surface area contributed by atoms with E-state index < -0.39 is 64.4 Å². The fourth-order valence-electron chi connectivity index (χ4n) is 7.58. The van der Waals surface area contributed by atoms with Crippen LogP contribution in [0.2, 0.25) is 0 Å². The van der Waals surface area contributed by atoms with E-state index in [0.29, 0.717) is 16.7 Å². The van der Waals surface area contributed by atoms with Crippen LogP contribution in [0.1, 0.15) is 27.9 Å². The van der Waals surface area contributed by atoms with Crippen molar-refractivity contribution in [3.8, 4) is 16.9 Å². The van der Waals surface area contributed by atoms with Crippen LogP contribution in [0.25, 0.3) is 21.9 Å². The van der Waals surface area contributed by atoms with Gasteiger partial charge in [-0.3, -0.25) is 28.9 Å². The number of primary amides is 1. The number of phenolic OH excluding ortho intramolecular Hbond substituents is 1. The Balaban J connectivity index is 1.56. The van der Waals surface area contributed by atoms with Gasteiger partial charge >= 0.3 is 0 Å². The highest BCUT2D eigenvalue weighted by Gasteiger charge is 2.69. The number of Topliss-reactive ketones (excluding diaryl/α,β-unsaturated/α-hetero) is 4. The molecular formula is C32H31N3O7. The summed E-state index contributed by atoms with van der Waals surface area (Å²) in [6, 6.07) is 14.1. The minimum absolute atomic E-state index is 0.0156. The summed E-state index contributed by atoms with van der Waals surface area (Å²) in [5, 5.41) is 24.9. The number of amides is 1. The van der Waals surface area contributed by atoms with Gasteiger partial charge in [-0.2, -0.15) is 0 Å². The van der Waals surface area contributed by atoms with E-state index in [-0.39, 0.29) is 30.7 Å². The number of benzene rings is 3. The van der Waals surface area contributed by atoms with Crippen molar-refractivity contribution in [3.05, 3.63) is 65.2 Å². The molecule has 0 spiro atoms. The standard InChI is InChI=1S/C32H31N3O7/c1-35(2)25-21-12-15-10-20-19(18-9-5-7-14-6-3-4-8-17(14)18)11-16(13-33)26(36)23(20)27(37)22(15)29(39)32(21,42)30(40)24(28(25)38)31(34)41/h3-9,11,15,21-22,24-25,36,42H,10,12-13,33H2,1-2H3,(H2,34,41)/t15-,21-,22?,24?,25-,32-/m0/s1. The maximum atomic E-state index is 14.2. The first-order valence-electron chi connectivity index (χ1n) is 13.8. The number of fused-ring (bicyclic) bond motifs is 4. The van der Waals surface area contributed by atoms with Crippen LogP contribution in [-0.4, -0.2) is 69.9 Å². The summed E-state index contributed by atoms with van der Waals surface area (Å²) in [5.74, 6) is -10.8. The molecule has 0 heterocycles. The molecule has 3 aromatic rings. The summed E-state index contributed by atoms with van der Waals surface area (Å²) in [6.45, 7) is -0.0797. The molecule has 10 heteroatoms. The third-order valence-corrected chi connectivity index (χ3v) is 9.44. The largest absolute Gasteiger partial charge is 0.507 e. The smallest absolute Gasteiger partial charge is 0.235 e. The molecule has 3 aliphatic carbocycles. The van der Waals surface area contributed by atoms with Gasteiger partial charge in [0.05, 0.1) is 17.5 Å². The van der Waals surface area contributed by atoms with E-state index in [0.717, 1.165) is 16.3 Å². The SMILES string of the molecule is CN(C)[C@@H]1C(=O)C(C(N)=O)C(=O)[C@@]2(O)C(=O)C3C(=O)c4c(O)c(CN)cc(-c5cccc6ccccc56)c4C[C@H]3C[C@@H]12. The van der Waals surface area contributed by atoms with E-state index >= 15 is 0 Å². The maximum Gasteiger partial charge on any atom is 0.235 e. The van der Waals surface area contributed by atoms with Crippen molar-refractivity contribution in [2.45, 2.75) is 31.0 Å². The molecule has 42 heavy (non-hydrogen) atoms. The molecule has 0 radical (unpaired) electrons. The monoisotopic (exact) mass is 569 g/mol. The number of carbonyl (C=O) groups excluding carboxylic acids is 5. The fourth-order valence-corrected chi connectivity index (χ4v) is 7.58. The Labute approximate surface area is 241 Å². The molecule has 1 amide bonds. The van der Waals surface area contributed by atoms with Crippen LogP contribution in [0, 0.1) is 23.7 Å². The lowest BCUT2D eigenvalue weighted by atomic mass is 9.52. The van der Waals surface area contributed by atoms with Gasteiger partial charge in [0, 0.05) is 18.0 Å². The summed E-state index contributed by atoms with van der Waals surface area (Å²) in [4.78, 5) is 68.8. The number of carbonyl (C=O) groups is 5. The first kappa shape index (κ1) is 27.9. The Morgan fingerprint density at radius 1 is 1.02 bits per heavy atom. The number of nitrogens with zero attached hydrogens (tertiary/aromatic N) is 1. The molecule has 216 valence electrons. The Bertz CT molecular complexity index is 1730. The lowest BCUT2D eigenvalue weighted by Gasteiger charge is -2.52. The summed E-state index contributed by atoms with van der Waals surface area (Å²) in [7, 11) is 3.11. The molecule has 0 bridgehead atoms. The Hall–Kier alpha value is -4.25. The highest BCUT2D eigenvalue weighted by Crippen LogP contribution is 2.52. The molecule has 0 saturated heterocycles. The van der Waals surface area contributed by atoms with E-state index in [1.165, 1.54) is 4.90 Å².